The molecule has 0 aromatic carbocycles. The molecule has 4 rings (SSSR count). The van der Waals surface area contributed by atoms with Crippen LogP contribution in [0.4, 0.5) is 13.2 Å². The number of pyridine rings is 1. The Bertz CT molecular complexity index is 1130. The minimum atomic E-state index is -4.57. The predicted molar refractivity (Wildman–Crippen MR) is 111 cm³/mol. The Morgan fingerprint density at radius 1 is 1.25 bits per heavy atom. The third kappa shape index (κ3) is 4.10. The minimum absolute atomic E-state index is 0.103. The summed E-state index contributed by atoms with van der Waals surface area (Å²) in [6.45, 7) is 8.27. The van der Waals surface area contributed by atoms with Gasteiger partial charge in [-0.1, -0.05) is 19.0 Å². The summed E-state index contributed by atoms with van der Waals surface area (Å²) < 4.78 is 48.7. The lowest BCUT2D eigenvalue weighted by molar-refractivity contribution is -0.136. The highest BCUT2D eigenvalue weighted by molar-refractivity contribution is 5.94. The van der Waals surface area contributed by atoms with E-state index >= 15 is 0 Å². The van der Waals surface area contributed by atoms with Gasteiger partial charge in [0.1, 0.15) is 0 Å². The zero-order valence-electron chi connectivity index (χ0n) is 18.5. The van der Waals surface area contributed by atoms with Crippen LogP contribution in [0, 0.1) is 0 Å². The van der Waals surface area contributed by atoms with E-state index in [0.29, 0.717) is 30.6 Å². The lowest BCUT2D eigenvalue weighted by Crippen LogP contribution is -2.39. The van der Waals surface area contributed by atoms with Gasteiger partial charge in [0, 0.05) is 36.9 Å². The maximum absolute atomic E-state index is 13.9. The molecule has 4 heterocycles. The summed E-state index contributed by atoms with van der Waals surface area (Å²) in [5, 5.41) is 8.10. The molecule has 1 saturated heterocycles. The van der Waals surface area contributed by atoms with Gasteiger partial charge in [-0.05, 0) is 38.7 Å². The van der Waals surface area contributed by atoms with Crippen LogP contribution >= 0.6 is 0 Å². The molecule has 1 fully saturated rings. The number of aromatic nitrogens is 4. The molecule has 0 bridgehead atoms. The van der Waals surface area contributed by atoms with E-state index in [0.717, 1.165) is 6.07 Å². The Labute approximate surface area is 183 Å². The molecule has 10 heteroatoms. The fourth-order valence-corrected chi connectivity index (χ4v) is 4.09. The van der Waals surface area contributed by atoms with Crippen molar-refractivity contribution in [2.45, 2.75) is 64.6 Å². The van der Waals surface area contributed by atoms with Crippen LogP contribution in [0.2, 0.25) is 0 Å². The quantitative estimate of drug-likeness (QED) is 0.550. The Balaban J connectivity index is 1.67. The number of amides is 1. The molecule has 7 nitrogen and oxygen atoms in total. The fraction of sp³-hybridized carbons (Fsp3) is 0.545. The standard InChI is InChI=1S/C22H26F3N5O2/c1-12(2)17-8-16(22(23,24)25)18-19(28-32-20(18)27-17)14-6-5-7-29(10-14)21(31)15-9-26-30(11-15)13(3)4/h8-9,11-14H,5-7,10H2,1-4H3/t14-/m0/s1. The molecule has 172 valence electrons. The zero-order chi connectivity index (χ0) is 23.2. The van der Waals surface area contributed by atoms with Crippen LogP contribution in [0.15, 0.2) is 23.0 Å². The van der Waals surface area contributed by atoms with E-state index in [9.17, 15) is 18.0 Å². The molecule has 3 aromatic heterocycles. The van der Waals surface area contributed by atoms with E-state index in [2.05, 4.69) is 15.2 Å². The smallest absolute Gasteiger partial charge is 0.338 e. The van der Waals surface area contributed by atoms with Crippen molar-refractivity contribution in [1.29, 1.82) is 0 Å². The van der Waals surface area contributed by atoms with Crippen LogP contribution in [0.25, 0.3) is 11.1 Å². The number of halogens is 3. The molecule has 1 atom stereocenters. The molecule has 3 aromatic rings. The normalized spacial score (nSPS) is 17.7. The van der Waals surface area contributed by atoms with Gasteiger partial charge in [-0.3, -0.25) is 9.48 Å². The van der Waals surface area contributed by atoms with Crippen molar-refractivity contribution < 1.29 is 22.5 Å². The van der Waals surface area contributed by atoms with Gasteiger partial charge in [0.25, 0.3) is 11.6 Å². The highest BCUT2D eigenvalue weighted by atomic mass is 19.4. The Morgan fingerprint density at radius 3 is 2.62 bits per heavy atom. The monoisotopic (exact) mass is 449 g/mol. The van der Waals surface area contributed by atoms with Crippen LogP contribution in [-0.2, 0) is 6.18 Å². The van der Waals surface area contributed by atoms with Gasteiger partial charge in [-0.25, -0.2) is 4.98 Å². The summed E-state index contributed by atoms with van der Waals surface area (Å²) in [7, 11) is 0. The molecule has 1 aliphatic heterocycles. The maximum atomic E-state index is 13.9. The van der Waals surface area contributed by atoms with E-state index in [1.165, 1.54) is 6.20 Å². The first-order valence-electron chi connectivity index (χ1n) is 10.8. The predicted octanol–water partition coefficient (Wildman–Crippen LogP) is 5.16. The largest absolute Gasteiger partial charge is 0.417 e. The number of piperidine rings is 1. The molecule has 0 radical (unpaired) electrons. The number of fused-ring (bicyclic) bond motifs is 1. The van der Waals surface area contributed by atoms with Gasteiger partial charge < -0.3 is 9.42 Å². The summed E-state index contributed by atoms with van der Waals surface area (Å²) in [5.41, 5.74) is 0.0773. The molecule has 1 aliphatic rings. The molecule has 1 amide bonds. The second kappa shape index (κ2) is 8.22. The number of likely N-dealkylation sites (tertiary alicyclic amines) is 1. The van der Waals surface area contributed by atoms with Gasteiger partial charge in [0.15, 0.2) is 0 Å². The highest BCUT2D eigenvalue weighted by Gasteiger charge is 2.38. The molecular weight excluding hydrogens is 423 g/mol. The second-order valence-corrected chi connectivity index (χ2v) is 8.89. The number of carbonyl (C=O) groups is 1. The van der Waals surface area contributed by atoms with Crippen molar-refractivity contribution in [2.75, 3.05) is 13.1 Å². The van der Waals surface area contributed by atoms with Crippen molar-refractivity contribution >= 4 is 17.0 Å². The summed E-state index contributed by atoms with van der Waals surface area (Å²) in [5.74, 6) is -0.754. The van der Waals surface area contributed by atoms with Gasteiger partial charge in [-0.15, -0.1) is 0 Å². The number of alkyl halides is 3. The molecule has 32 heavy (non-hydrogen) atoms. The van der Waals surface area contributed by atoms with Crippen LogP contribution in [0.5, 0.6) is 0 Å². The van der Waals surface area contributed by atoms with E-state index in [1.807, 2.05) is 13.8 Å². The van der Waals surface area contributed by atoms with Crippen LogP contribution in [-0.4, -0.2) is 43.8 Å². The first-order valence-corrected chi connectivity index (χ1v) is 10.8. The average Bonchev–Trinajstić information content (AvgIpc) is 3.39. The van der Waals surface area contributed by atoms with Crippen molar-refractivity contribution in [3.63, 3.8) is 0 Å². The molecule has 0 aliphatic carbocycles. The third-order valence-corrected chi connectivity index (χ3v) is 5.86. The average molecular weight is 449 g/mol. The van der Waals surface area contributed by atoms with E-state index in [1.54, 1.807) is 29.6 Å². The first kappa shape index (κ1) is 22.3. The number of rotatable bonds is 4. The second-order valence-electron chi connectivity index (χ2n) is 8.89. The van der Waals surface area contributed by atoms with Crippen LogP contribution in [0.3, 0.4) is 0 Å². The molecule has 0 N–H and O–H groups in total. The van der Waals surface area contributed by atoms with Gasteiger partial charge >= 0.3 is 6.18 Å². The van der Waals surface area contributed by atoms with Crippen molar-refractivity contribution in [2.24, 2.45) is 0 Å². The Morgan fingerprint density at radius 2 is 2.00 bits per heavy atom. The third-order valence-electron chi connectivity index (χ3n) is 5.86. The van der Waals surface area contributed by atoms with Crippen molar-refractivity contribution in [3.05, 3.63) is 41.0 Å². The van der Waals surface area contributed by atoms with Gasteiger partial charge in [0.2, 0.25) is 0 Å². The fourth-order valence-electron chi connectivity index (χ4n) is 4.09. The summed E-state index contributed by atoms with van der Waals surface area (Å²) >= 11 is 0. The number of nitrogens with zero attached hydrogens (tertiary/aromatic N) is 5. The Hall–Kier alpha value is -2.91. The summed E-state index contributed by atoms with van der Waals surface area (Å²) in [6, 6.07) is 1.20. The van der Waals surface area contributed by atoms with Crippen molar-refractivity contribution in [1.82, 2.24) is 24.8 Å². The van der Waals surface area contributed by atoms with Gasteiger partial charge in [0.05, 0.1) is 28.4 Å². The zero-order valence-corrected chi connectivity index (χ0v) is 18.5. The Kier molecular flexibility index (Phi) is 5.72. The minimum Gasteiger partial charge on any atom is -0.338 e. The summed E-state index contributed by atoms with van der Waals surface area (Å²) in [4.78, 5) is 18.9. The van der Waals surface area contributed by atoms with Gasteiger partial charge in [-0.2, -0.15) is 18.3 Å². The number of hydrogen-bond acceptors (Lipinski definition) is 5. The molecule has 0 saturated carbocycles. The molecule has 0 spiro atoms. The number of carbonyl (C=O) groups excluding carboxylic acids is 1. The first-order chi connectivity index (χ1) is 15.1. The topological polar surface area (TPSA) is 77.0 Å². The van der Waals surface area contributed by atoms with E-state index in [-0.39, 0.29) is 47.1 Å². The van der Waals surface area contributed by atoms with Crippen molar-refractivity contribution in [3.8, 4) is 0 Å². The van der Waals surface area contributed by atoms with Crippen LogP contribution < -0.4 is 0 Å². The molecular formula is C22H26F3N5O2. The van der Waals surface area contributed by atoms with E-state index in [4.69, 9.17) is 4.52 Å². The summed E-state index contributed by atoms with van der Waals surface area (Å²) in [6.07, 6.45) is -0.0830. The highest BCUT2D eigenvalue weighted by Crippen LogP contribution is 2.40. The van der Waals surface area contributed by atoms with Crippen LogP contribution in [0.1, 0.15) is 85.7 Å². The lowest BCUT2D eigenvalue weighted by Gasteiger charge is -2.31. The lowest BCUT2D eigenvalue weighted by atomic mass is 9.91. The van der Waals surface area contributed by atoms with E-state index < -0.39 is 11.7 Å². The molecule has 0 unspecified atom stereocenters. The SMILES string of the molecule is CC(C)c1cc(C(F)(F)F)c2c([C@H]3CCCN(C(=O)c4cnn(C(C)C)c4)C3)noc2n1. The maximum Gasteiger partial charge on any atom is 0.417 e. The number of hydrogen-bond donors (Lipinski definition) is 0.